The smallest absolute Gasteiger partial charge is 0.211 e. The van der Waals surface area contributed by atoms with E-state index in [2.05, 4.69) is 65.8 Å². The lowest BCUT2D eigenvalue weighted by atomic mass is 10.1. The fourth-order valence-corrected chi connectivity index (χ4v) is 3.52. The van der Waals surface area contributed by atoms with Crippen LogP contribution in [0.25, 0.3) is 16.7 Å². The maximum absolute atomic E-state index is 4.94. The van der Waals surface area contributed by atoms with Crippen LogP contribution in [0.15, 0.2) is 42.5 Å². The third-order valence-electron chi connectivity index (χ3n) is 4.60. The molecule has 0 aliphatic carbocycles. The monoisotopic (exact) mass is 291 g/mol. The number of benzene rings is 2. The van der Waals surface area contributed by atoms with Gasteiger partial charge in [-0.2, -0.15) is 0 Å². The highest BCUT2D eigenvalue weighted by Crippen LogP contribution is 2.32. The number of imidazole rings is 1. The maximum atomic E-state index is 4.94. The van der Waals surface area contributed by atoms with E-state index in [4.69, 9.17) is 4.98 Å². The molecule has 0 bridgehead atoms. The van der Waals surface area contributed by atoms with Crippen LogP contribution in [-0.2, 0) is 0 Å². The molecule has 2 heterocycles. The molecule has 0 unspecified atom stereocenters. The van der Waals surface area contributed by atoms with Crippen molar-refractivity contribution in [3.63, 3.8) is 0 Å². The molecule has 2 aromatic carbocycles. The normalized spacial score (nSPS) is 14.9. The van der Waals surface area contributed by atoms with Crippen molar-refractivity contribution < 1.29 is 0 Å². The van der Waals surface area contributed by atoms with Crippen molar-refractivity contribution in [3.8, 4) is 5.69 Å². The van der Waals surface area contributed by atoms with Crippen molar-refractivity contribution in [1.29, 1.82) is 0 Å². The molecule has 1 aliphatic rings. The number of anilines is 1. The van der Waals surface area contributed by atoms with Crippen molar-refractivity contribution >= 4 is 17.0 Å². The molecule has 0 radical (unpaired) electrons. The number of fused-ring (bicyclic) bond motifs is 1. The molecule has 112 valence electrons. The van der Waals surface area contributed by atoms with Crippen LogP contribution >= 0.6 is 0 Å². The molecule has 1 saturated heterocycles. The Balaban J connectivity index is 2.04. The molecular weight excluding hydrogens is 270 g/mol. The van der Waals surface area contributed by atoms with Crippen LogP contribution in [0.1, 0.15) is 24.0 Å². The van der Waals surface area contributed by atoms with Crippen molar-refractivity contribution in [1.82, 2.24) is 9.55 Å². The van der Waals surface area contributed by atoms with E-state index >= 15 is 0 Å². The van der Waals surface area contributed by atoms with Crippen molar-refractivity contribution in [3.05, 3.63) is 53.6 Å². The Morgan fingerprint density at radius 3 is 2.27 bits per heavy atom. The van der Waals surface area contributed by atoms with Gasteiger partial charge in [0.25, 0.3) is 0 Å². The maximum Gasteiger partial charge on any atom is 0.211 e. The molecule has 4 rings (SSSR count). The largest absolute Gasteiger partial charge is 0.342 e. The molecule has 1 fully saturated rings. The molecule has 22 heavy (non-hydrogen) atoms. The van der Waals surface area contributed by atoms with Gasteiger partial charge in [0.2, 0.25) is 5.95 Å². The van der Waals surface area contributed by atoms with Crippen LogP contribution in [0.5, 0.6) is 0 Å². The summed E-state index contributed by atoms with van der Waals surface area (Å²) in [6.07, 6.45) is 2.52. The van der Waals surface area contributed by atoms with Crippen molar-refractivity contribution in [2.45, 2.75) is 26.7 Å². The van der Waals surface area contributed by atoms with E-state index < -0.39 is 0 Å². The standard InChI is InChI=1S/C19H21N3/c1-14-8-7-9-15(2)18(14)22-17-11-4-3-10-16(17)20-19(22)21-12-5-6-13-21/h3-4,7-11H,5-6,12-13H2,1-2H3. The highest BCUT2D eigenvalue weighted by Gasteiger charge is 2.22. The number of aryl methyl sites for hydroxylation is 2. The van der Waals surface area contributed by atoms with Gasteiger partial charge in [-0.05, 0) is 49.9 Å². The lowest BCUT2D eigenvalue weighted by Gasteiger charge is -2.21. The third kappa shape index (κ3) is 2.00. The van der Waals surface area contributed by atoms with Crippen LogP contribution in [0.4, 0.5) is 5.95 Å². The van der Waals surface area contributed by atoms with Gasteiger partial charge in [-0.1, -0.05) is 30.3 Å². The Bertz CT molecular complexity index is 806. The summed E-state index contributed by atoms with van der Waals surface area (Å²) in [7, 11) is 0. The van der Waals surface area contributed by atoms with Gasteiger partial charge in [0.05, 0.1) is 16.7 Å². The Hall–Kier alpha value is -2.29. The van der Waals surface area contributed by atoms with Gasteiger partial charge in [0.15, 0.2) is 0 Å². The number of rotatable bonds is 2. The topological polar surface area (TPSA) is 21.1 Å². The summed E-state index contributed by atoms with van der Waals surface area (Å²) in [5.41, 5.74) is 6.14. The minimum absolute atomic E-state index is 1.08. The molecule has 3 aromatic rings. The van der Waals surface area contributed by atoms with Crippen molar-refractivity contribution in [2.24, 2.45) is 0 Å². The first kappa shape index (κ1) is 13.4. The Morgan fingerprint density at radius 2 is 1.55 bits per heavy atom. The number of hydrogen-bond acceptors (Lipinski definition) is 2. The van der Waals surface area contributed by atoms with E-state index in [1.54, 1.807) is 0 Å². The summed E-state index contributed by atoms with van der Waals surface area (Å²) < 4.78 is 2.35. The lowest BCUT2D eigenvalue weighted by molar-refractivity contribution is 0.879. The second-order valence-corrected chi connectivity index (χ2v) is 6.17. The summed E-state index contributed by atoms with van der Waals surface area (Å²) >= 11 is 0. The lowest BCUT2D eigenvalue weighted by Crippen LogP contribution is -2.22. The second-order valence-electron chi connectivity index (χ2n) is 6.17. The molecule has 3 heteroatoms. The van der Waals surface area contributed by atoms with Gasteiger partial charge < -0.3 is 4.90 Å². The molecule has 0 atom stereocenters. The first-order valence-corrected chi connectivity index (χ1v) is 8.05. The van der Waals surface area contributed by atoms with Crippen LogP contribution < -0.4 is 4.90 Å². The summed E-state index contributed by atoms with van der Waals surface area (Å²) in [6, 6.07) is 14.9. The molecule has 1 aliphatic heterocycles. The second kappa shape index (κ2) is 5.16. The van der Waals surface area contributed by atoms with E-state index in [0.717, 1.165) is 24.6 Å². The Labute approximate surface area is 131 Å². The van der Waals surface area contributed by atoms with Crippen LogP contribution in [0.3, 0.4) is 0 Å². The van der Waals surface area contributed by atoms with Crippen LogP contribution in [-0.4, -0.2) is 22.6 Å². The molecule has 0 saturated carbocycles. The molecule has 0 spiro atoms. The zero-order valence-corrected chi connectivity index (χ0v) is 13.2. The summed E-state index contributed by atoms with van der Waals surface area (Å²) in [6.45, 7) is 6.58. The van der Waals surface area contributed by atoms with E-state index in [9.17, 15) is 0 Å². The number of aromatic nitrogens is 2. The summed E-state index contributed by atoms with van der Waals surface area (Å²) in [5, 5.41) is 0. The Morgan fingerprint density at radius 1 is 0.864 bits per heavy atom. The fourth-order valence-electron chi connectivity index (χ4n) is 3.52. The average Bonchev–Trinajstić information content (AvgIpc) is 3.14. The first-order chi connectivity index (χ1) is 10.8. The van der Waals surface area contributed by atoms with E-state index in [1.807, 2.05) is 0 Å². The van der Waals surface area contributed by atoms with Gasteiger partial charge >= 0.3 is 0 Å². The predicted molar refractivity (Wildman–Crippen MR) is 92.0 cm³/mol. The minimum Gasteiger partial charge on any atom is -0.342 e. The van der Waals surface area contributed by atoms with Crippen LogP contribution in [0, 0.1) is 13.8 Å². The first-order valence-electron chi connectivity index (χ1n) is 8.05. The molecule has 0 amide bonds. The zero-order valence-electron chi connectivity index (χ0n) is 13.2. The molecule has 1 aromatic heterocycles. The summed E-state index contributed by atoms with van der Waals surface area (Å²) in [4.78, 5) is 7.36. The highest BCUT2D eigenvalue weighted by molar-refractivity contribution is 5.82. The van der Waals surface area contributed by atoms with Gasteiger partial charge in [-0.15, -0.1) is 0 Å². The van der Waals surface area contributed by atoms with E-state index in [-0.39, 0.29) is 0 Å². The highest BCUT2D eigenvalue weighted by atomic mass is 15.3. The number of para-hydroxylation sites is 3. The molecular formula is C19H21N3. The van der Waals surface area contributed by atoms with E-state index in [0.29, 0.717) is 0 Å². The van der Waals surface area contributed by atoms with Crippen molar-refractivity contribution in [2.75, 3.05) is 18.0 Å². The minimum atomic E-state index is 1.08. The SMILES string of the molecule is Cc1cccc(C)c1-n1c(N2CCCC2)nc2ccccc21. The molecule has 0 N–H and O–H groups in total. The quantitative estimate of drug-likeness (QED) is 0.704. The third-order valence-corrected chi connectivity index (χ3v) is 4.60. The zero-order chi connectivity index (χ0) is 15.1. The summed E-state index contributed by atoms with van der Waals surface area (Å²) in [5.74, 6) is 1.09. The number of hydrogen-bond donors (Lipinski definition) is 0. The van der Waals surface area contributed by atoms with Crippen LogP contribution in [0.2, 0.25) is 0 Å². The van der Waals surface area contributed by atoms with E-state index in [1.165, 1.54) is 35.2 Å². The van der Waals surface area contributed by atoms with Gasteiger partial charge in [0, 0.05) is 13.1 Å². The molecule has 3 nitrogen and oxygen atoms in total. The fraction of sp³-hybridized carbons (Fsp3) is 0.316. The Kier molecular flexibility index (Phi) is 3.14. The number of nitrogens with zero attached hydrogens (tertiary/aromatic N) is 3. The average molecular weight is 291 g/mol. The van der Waals surface area contributed by atoms with Gasteiger partial charge in [0.1, 0.15) is 0 Å². The van der Waals surface area contributed by atoms with Gasteiger partial charge in [-0.3, -0.25) is 4.57 Å². The predicted octanol–water partition coefficient (Wildman–Crippen LogP) is 4.24. The van der Waals surface area contributed by atoms with Gasteiger partial charge in [-0.25, -0.2) is 4.98 Å².